The first-order chi connectivity index (χ1) is 13.6. The lowest BCUT2D eigenvalue weighted by Crippen LogP contribution is -2.68. The van der Waals surface area contributed by atoms with Crippen LogP contribution in [0.2, 0.25) is 0 Å². The second-order valence-corrected chi connectivity index (χ2v) is 8.29. The highest BCUT2D eigenvalue weighted by Crippen LogP contribution is 2.44. The van der Waals surface area contributed by atoms with Gasteiger partial charge in [0.2, 0.25) is 5.91 Å². The number of esters is 1. The smallest absolute Gasteiger partial charge is 0.398 e. The Bertz CT molecular complexity index is 876. The van der Waals surface area contributed by atoms with E-state index in [4.69, 9.17) is 10.5 Å². The maximum atomic E-state index is 12.6. The molecule has 29 heavy (non-hydrogen) atoms. The molecule has 3 rings (SSSR count). The highest BCUT2D eigenvalue weighted by Gasteiger charge is 2.52. The summed E-state index contributed by atoms with van der Waals surface area (Å²) in [7, 11) is 0. The monoisotopic (exact) mass is 449 g/mol. The van der Waals surface area contributed by atoms with Gasteiger partial charge < -0.3 is 10.5 Å². The van der Waals surface area contributed by atoms with E-state index in [1.165, 1.54) is 36.0 Å². The maximum Gasteiger partial charge on any atom is 0.398 e. The van der Waals surface area contributed by atoms with Crippen LogP contribution in [0.25, 0.3) is 0 Å². The van der Waals surface area contributed by atoms with Gasteiger partial charge in [0.1, 0.15) is 23.7 Å². The third kappa shape index (κ3) is 4.67. The summed E-state index contributed by atoms with van der Waals surface area (Å²) in [6.45, 7) is -0.260. The molecular weight excluding hydrogens is 435 g/mol. The number of nitrogens with two attached hydrogens (primary N) is 1. The molecule has 1 fully saturated rings. The number of benzene rings is 1. The van der Waals surface area contributed by atoms with Crippen molar-refractivity contribution < 1.29 is 32.4 Å². The van der Waals surface area contributed by atoms with Gasteiger partial charge in [-0.25, -0.2) is 4.79 Å². The molecular formula is C16H14F3N3O5S2. The Morgan fingerprint density at radius 3 is 2.62 bits per heavy atom. The minimum Gasteiger partial charge on any atom is -0.456 e. The van der Waals surface area contributed by atoms with Crippen molar-refractivity contribution >= 4 is 41.1 Å². The number of thioether (sulfide) groups is 2. The second-order valence-electron chi connectivity index (χ2n) is 6.11. The summed E-state index contributed by atoms with van der Waals surface area (Å²) in [6.07, 6.45) is -4.44. The van der Waals surface area contributed by atoms with Crippen molar-refractivity contribution in [2.75, 3.05) is 11.5 Å². The van der Waals surface area contributed by atoms with Crippen LogP contribution in [0, 0.1) is 10.1 Å². The molecule has 2 heterocycles. The van der Waals surface area contributed by atoms with Crippen LogP contribution < -0.4 is 5.73 Å². The predicted octanol–water partition coefficient (Wildman–Crippen LogP) is 2.39. The van der Waals surface area contributed by atoms with Crippen molar-refractivity contribution in [3.05, 3.63) is 50.5 Å². The Balaban J connectivity index is 1.76. The van der Waals surface area contributed by atoms with E-state index in [1.807, 2.05) is 0 Å². The van der Waals surface area contributed by atoms with Crippen molar-refractivity contribution in [2.24, 2.45) is 5.73 Å². The first-order valence-electron chi connectivity index (χ1n) is 8.12. The number of ether oxygens (including phenoxy) is 1. The zero-order valence-corrected chi connectivity index (χ0v) is 16.2. The molecule has 13 heteroatoms. The number of carbonyl (C=O) groups is 2. The topological polar surface area (TPSA) is 116 Å². The largest absolute Gasteiger partial charge is 0.456 e. The number of hydrogen-bond donors (Lipinski definition) is 1. The van der Waals surface area contributed by atoms with Gasteiger partial charge in [-0.2, -0.15) is 13.2 Å². The highest BCUT2D eigenvalue weighted by atomic mass is 32.2. The Morgan fingerprint density at radius 1 is 1.38 bits per heavy atom. The first kappa shape index (κ1) is 21.5. The van der Waals surface area contributed by atoms with E-state index in [0.717, 1.165) is 4.90 Å². The number of nitro groups is 1. The van der Waals surface area contributed by atoms with Crippen molar-refractivity contribution in [1.29, 1.82) is 0 Å². The number of β-lactam (4-membered cyclic amide) rings is 1. The molecule has 2 aliphatic heterocycles. The van der Waals surface area contributed by atoms with E-state index in [0.29, 0.717) is 17.3 Å². The fourth-order valence-electron chi connectivity index (χ4n) is 2.69. The predicted molar refractivity (Wildman–Crippen MR) is 99.5 cm³/mol. The summed E-state index contributed by atoms with van der Waals surface area (Å²) in [5.41, 5.74) is 5.79. The molecule has 2 atom stereocenters. The van der Waals surface area contributed by atoms with Gasteiger partial charge in [-0.15, -0.1) is 23.5 Å². The molecule has 2 aliphatic rings. The minimum absolute atomic E-state index is 0.0949. The molecule has 1 aromatic carbocycles. The summed E-state index contributed by atoms with van der Waals surface area (Å²) in [5, 5.41) is 10.1. The zero-order valence-electron chi connectivity index (χ0n) is 14.5. The Hall–Kier alpha value is -2.25. The number of non-ortho nitro benzene ring substituents is 1. The van der Waals surface area contributed by atoms with Crippen LogP contribution in [0.4, 0.5) is 18.9 Å². The third-order valence-electron chi connectivity index (χ3n) is 4.09. The molecule has 0 saturated carbocycles. The number of rotatable bonds is 6. The number of hydrogen-bond acceptors (Lipinski definition) is 8. The fourth-order valence-corrected chi connectivity index (χ4v) is 5.02. The summed E-state index contributed by atoms with van der Waals surface area (Å²) in [6, 6.07) is 4.43. The van der Waals surface area contributed by atoms with Gasteiger partial charge in [0.25, 0.3) is 5.69 Å². The molecule has 156 valence electrons. The Morgan fingerprint density at radius 2 is 2.03 bits per heavy atom. The van der Waals surface area contributed by atoms with Gasteiger partial charge in [0.05, 0.1) is 10.7 Å². The molecule has 0 aliphatic carbocycles. The van der Waals surface area contributed by atoms with E-state index in [2.05, 4.69) is 0 Å². The first-order valence-corrected chi connectivity index (χ1v) is 10.2. The fraction of sp³-hybridized carbons (Fsp3) is 0.375. The van der Waals surface area contributed by atoms with Gasteiger partial charge in [0.15, 0.2) is 0 Å². The lowest BCUT2D eigenvalue weighted by molar-refractivity contribution is -0.384. The summed E-state index contributed by atoms with van der Waals surface area (Å²) >= 11 is 1.62. The SMILES string of the molecule is N[C@@H]1C(=O)N2C(C(=O)OCc3ccc([N+](=O)[O-])cc3)=C(SCC(F)(F)F)CS[C@H]12. The second kappa shape index (κ2) is 8.24. The van der Waals surface area contributed by atoms with Crippen LogP contribution in [0.5, 0.6) is 0 Å². The van der Waals surface area contributed by atoms with Gasteiger partial charge in [0, 0.05) is 22.8 Å². The number of nitrogens with zero attached hydrogens (tertiary/aromatic N) is 2. The number of halogens is 3. The summed E-state index contributed by atoms with van der Waals surface area (Å²) in [4.78, 5) is 35.9. The van der Waals surface area contributed by atoms with Gasteiger partial charge in [-0.3, -0.25) is 19.8 Å². The van der Waals surface area contributed by atoms with Gasteiger partial charge in [-0.1, -0.05) is 0 Å². The molecule has 0 spiro atoms. The van der Waals surface area contributed by atoms with Crippen LogP contribution in [0.3, 0.4) is 0 Å². The maximum absolute atomic E-state index is 12.6. The van der Waals surface area contributed by atoms with Gasteiger partial charge >= 0.3 is 12.1 Å². The number of alkyl halides is 3. The molecule has 1 amide bonds. The average Bonchev–Trinajstić information content (AvgIpc) is 2.68. The lowest BCUT2D eigenvalue weighted by atomic mass is 10.1. The summed E-state index contributed by atoms with van der Waals surface area (Å²) < 4.78 is 43.0. The number of amides is 1. The molecule has 1 saturated heterocycles. The van der Waals surface area contributed by atoms with Crippen LogP contribution >= 0.6 is 23.5 Å². The zero-order chi connectivity index (χ0) is 21.3. The third-order valence-corrected chi connectivity index (χ3v) is 6.74. The van der Waals surface area contributed by atoms with Crippen LogP contribution in [0.1, 0.15) is 5.56 Å². The van der Waals surface area contributed by atoms with Crippen molar-refractivity contribution in [2.45, 2.75) is 24.2 Å². The Kier molecular flexibility index (Phi) is 6.10. The van der Waals surface area contributed by atoms with Crippen LogP contribution in [-0.4, -0.2) is 50.8 Å². The number of fused-ring (bicyclic) bond motifs is 1. The number of carbonyl (C=O) groups excluding carboxylic acids is 2. The summed E-state index contributed by atoms with van der Waals surface area (Å²) in [5.74, 6) is -2.61. The number of nitro benzene ring substituents is 1. The lowest BCUT2D eigenvalue weighted by Gasteiger charge is -2.48. The molecule has 1 aromatic rings. The standard InChI is InChI=1S/C16H14F3N3O5S2/c17-16(18,19)7-29-10-6-28-14-11(20)13(23)21(14)12(10)15(24)27-5-8-1-3-9(4-2-8)22(25)26/h1-4,11,14H,5-7,20H2/t11-,14-/m1/s1. The van der Waals surface area contributed by atoms with Crippen molar-refractivity contribution in [1.82, 2.24) is 4.90 Å². The van der Waals surface area contributed by atoms with Crippen molar-refractivity contribution in [3.63, 3.8) is 0 Å². The van der Waals surface area contributed by atoms with Crippen LogP contribution in [-0.2, 0) is 20.9 Å². The molecule has 0 unspecified atom stereocenters. The molecule has 0 aromatic heterocycles. The minimum atomic E-state index is -4.44. The molecule has 0 bridgehead atoms. The van der Waals surface area contributed by atoms with E-state index >= 15 is 0 Å². The molecule has 0 radical (unpaired) electrons. The van der Waals surface area contributed by atoms with E-state index in [1.54, 1.807) is 0 Å². The molecule has 2 N–H and O–H groups in total. The van der Waals surface area contributed by atoms with E-state index in [9.17, 15) is 32.9 Å². The van der Waals surface area contributed by atoms with Crippen LogP contribution in [0.15, 0.2) is 34.9 Å². The average molecular weight is 449 g/mol. The van der Waals surface area contributed by atoms with E-state index in [-0.39, 0.29) is 28.6 Å². The quantitative estimate of drug-likeness (QED) is 0.305. The van der Waals surface area contributed by atoms with Crippen molar-refractivity contribution in [3.8, 4) is 0 Å². The normalized spacial score (nSPS) is 21.5. The van der Waals surface area contributed by atoms with E-state index < -0.39 is 40.1 Å². The highest BCUT2D eigenvalue weighted by molar-refractivity contribution is 8.06. The van der Waals surface area contributed by atoms with Gasteiger partial charge in [-0.05, 0) is 17.7 Å². The Labute approximate surface area is 170 Å². The molecule has 8 nitrogen and oxygen atoms in total.